The zero-order valence-electron chi connectivity index (χ0n) is 14.7. The molecule has 0 aliphatic heterocycles. The van der Waals surface area contributed by atoms with E-state index in [-0.39, 0.29) is 0 Å². The summed E-state index contributed by atoms with van der Waals surface area (Å²) in [6.45, 7) is 4.18. The maximum Gasteiger partial charge on any atom is 0.220 e. The van der Waals surface area contributed by atoms with Crippen molar-refractivity contribution in [1.82, 2.24) is 0 Å². The van der Waals surface area contributed by atoms with Gasteiger partial charge in [-0.05, 0) is 35.4 Å². The van der Waals surface area contributed by atoms with Crippen molar-refractivity contribution in [2.24, 2.45) is 7.05 Å². The molecule has 0 radical (unpaired) electrons. The molecule has 1 aromatic heterocycles. The molecule has 0 unspecified atom stereocenters. The van der Waals surface area contributed by atoms with Gasteiger partial charge in [-0.3, -0.25) is 0 Å². The second kappa shape index (κ2) is 5.20. The van der Waals surface area contributed by atoms with Gasteiger partial charge in [0.1, 0.15) is 7.05 Å². The molecule has 4 aromatic rings. The number of rotatable bonds is 1. The molecular formula is C22H20N+. The standard InChI is InChI=1S/C22H20N/c1-15-8-4-6-10-18(15)22-20-13-12-17-9-5-7-11-19(17)21(20)14-16(2)23(22)3/h4-14H,1-3H3/q+1/i14D. The van der Waals surface area contributed by atoms with Crippen molar-refractivity contribution in [1.29, 1.82) is 0 Å². The van der Waals surface area contributed by atoms with Gasteiger partial charge < -0.3 is 0 Å². The number of aromatic nitrogens is 1. The van der Waals surface area contributed by atoms with E-state index in [1.165, 1.54) is 22.2 Å². The fourth-order valence-electron chi connectivity index (χ4n) is 3.38. The minimum Gasteiger partial charge on any atom is -0.198 e. The lowest BCUT2D eigenvalue weighted by molar-refractivity contribution is -0.665. The summed E-state index contributed by atoms with van der Waals surface area (Å²) in [6, 6.07) is 21.7. The number of aryl methyl sites for hydroxylation is 1. The molecule has 1 nitrogen and oxygen atoms in total. The Kier molecular flexibility index (Phi) is 2.90. The molecule has 0 amide bonds. The maximum absolute atomic E-state index is 8.70. The van der Waals surface area contributed by atoms with E-state index in [1.807, 2.05) is 6.92 Å². The predicted molar refractivity (Wildman–Crippen MR) is 97.5 cm³/mol. The molecule has 0 N–H and O–H groups in total. The molecule has 0 saturated carbocycles. The highest BCUT2D eigenvalue weighted by Gasteiger charge is 2.20. The molecule has 0 aliphatic rings. The Balaban J connectivity index is 2.27. The fraction of sp³-hybridized carbons (Fsp3) is 0.136. The number of nitrogens with zero attached hydrogens (tertiary/aromatic N) is 1. The minimum absolute atomic E-state index is 0.613. The lowest BCUT2D eigenvalue weighted by Crippen LogP contribution is -2.35. The molecule has 0 saturated heterocycles. The Labute approximate surface area is 138 Å². The molecule has 4 rings (SSSR count). The average molecular weight is 299 g/mol. The Hall–Kier alpha value is -2.67. The molecule has 0 spiro atoms. The first-order valence-corrected chi connectivity index (χ1v) is 7.96. The molecule has 23 heavy (non-hydrogen) atoms. The first-order valence-electron chi connectivity index (χ1n) is 8.46. The van der Waals surface area contributed by atoms with Crippen LogP contribution in [-0.2, 0) is 7.05 Å². The van der Waals surface area contributed by atoms with E-state index < -0.39 is 0 Å². The maximum atomic E-state index is 8.70. The summed E-state index contributed by atoms with van der Waals surface area (Å²) >= 11 is 0. The highest BCUT2D eigenvalue weighted by atomic mass is 14.9. The molecule has 0 aliphatic carbocycles. The Morgan fingerprint density at radius 2 is 1.52 bits per heavy atom. The summed E-state index contributed by atoms with van der Waals surface area (Å²) < 4.78 is 10.9. The van der Waals surface area contributed by atoms with E-state index >= 15 is 0 Å². The van der Waals surface area contributed by atoms with Gasteiger partial charge in [0.25, 0.3) is 0 Å². The van der Waals surface area contributed by atoms with Crippen LogP contribution in [0, 0.1) is 13.8 Å². The lowest BCUT2D eigenvalue weighted by Gasteiger charge is -2.11. The Bertz CT molecular complexity index is 1100. The zero-order chi connectivity index (χ0) is 16.8. The summed E-state index contributed by atoms with van der Waals surface area (Å²) in [4.78, 5) is 0. The van der Waals surface area contributed by atoms with Crippen LogP contribution in [-0.4, -0.2) is 0 Å². The van der Waals surface area contributed by atoms with Gasteiger partial charge in [0.15, 0.2) is 5.69 Å². The molecular weight excluding hydrogens is 278 g/mol. The third kappa shape index (κ3) is 2.12. The monoisotopic (exact) mass is 299 g/mol. The van der Waals surface area contributed by atoms with E-state index in [9.17, 15) is 0 Å². The van der Waals surface area contributed by atoms with Crippen LogP contribution in [0.1, 0.15) is 12.6 Å². The van der Waals surface area contributed by atoms with E-state index in [0.29, 0.717) is 6.04 Å². The SMILES string of the molecule is [2H]c1c(C)[n+](C)c(-c2ccccc2C)c2ccc3ccccc3c12. The van der Waals surface area contributed by atoms with E-state index in [2.05, 4.69) is 79.2 Å². The van der Waals surface area contributed by atoms with Crippen LogP contribution in [0.5, 0.6) is 0 Å². The summed E-state index contributed by atoms with van der Waals surface area (Å²) in [6.07, 6.45) is 0. The van der Waals surface area contributed by atoms with Gasteiger partial charge in [-0.2, -0.15) is 4.57 Å². The van der Waals surface area contributed by atoms with E-state index in [4.69, 9.17) is 1.37 Å². The average Bonchev–Trinajstić information content (AvgIpc) is 2.61. The van der Waals surface area contributed by atoms with Gasteiger partial charge in [-0.1, -0.05) is 48.5 Å². The summed E-state index contributed by atoms with van der Waals surface area (Å²) in [5, 5.41) is 4.52. The third-order valence-electron chi connectivity index (χ3n) is 4.73. The third-order valence-corrected chi connectivity index (χ3v) is 4.73. The van der Waals surface area contributed by atoms with Crippen molar-refractivity contribution in [2.75, 3.05) is 0 Å². The summed E-state index contributed by atoms with van der Waals surface area (Å²) in [7, 11) is 2.06. The van der Waals surface area contributed by atoms with Gasteiger partial charge in [0.2, 0.25) is 5.69 Å². The molecule has 3 aromatic carbocycles. The smallest absolute Gasteiger partial charge is 0.198 e. The lowest BCUT2D eigenvalue weighted by atomic mass is 9.95. The van der Waals surface area contributed by atoms with Gasteiger partial charge in [0, 0.05) is 23.9 Å². The van der Waals surface area contributed by atoms with Crippen molar-refractivity contribution < 1.29 is 5.94 Å². The van der Waals surface area contributed by atoms with Crippen molar-refractivity contribution in [3.8, 4) is 11.3 Å². The van der Waals surface area contributed by atoms with Gasteiger partial charge >= 0.3 is 0 Å². The van der Waals surface area contributed by atoms with Crippen molar-refractivity contribution >= 4 is 21.5 Å². The number of hydrogen-bond acceptors (Lipinski definition) is 0. The first-order chi connectivity index (χ1) is 11.6. The summed E-state index contributed by atoms with van der Waals surface area (Å²) in [5.41, 5.74) is 4.64. The highest BCUT2D eigenvalue weighted by molar-refractivity contribution is 6.10. The largest absolute Gasteiger partial charge is 0.220 e. The van der Waals surface area contributed by atoms with Gasteiger partial charge in [0.05, 0.1) is 6.76 Å². The topological polar surface area (TPSA) is 3.88 Å². The van der Waals surface area contributed by atoms with Gasteiger partial charge in [-0.15, -0.1) is 0 Å². The quantitative estimate of drug-likeness (QED) is 0.340. The van der Waals surface area contributed by atoms with Crippen LogP contribution < -0.4 is 4.57 Å². The van der Waals surface area contributed by atoms with Crippen molar-refractivity contribution in [3.63, 3.8) is 0 Å². The van der Waals surface area contributed by atoms with Gasteiger partial charge in [-0.25, -0.2) is 0 Å². The molecule has 0 atom stereocenters. The molecule has 1 heteroatoms. The fourth-order valence-corrected chi connectivity index (χ4v) is 3.38. The first kappa shape index (κ1) is 12.8. The predicted octanol–water partition coefficient (Wildman–Crippen LogP) is 5.10. The molecule has 112 valence electrons. The van der Waals surface area contributed by atoms with Crippen LogP contribution in [0.3, 0.4) is 0 Å². The van der Waals surface area contributed by atoms with Crippen LogP contribution >= 0.6 is 0 Å². The van der Waals surface area contributed by atoms with Crippen LogP contribution in [0.2, 0.25) is 0 Å². The molecule has 0 fully saturated rings. The van der Waals surface area contributed by atoms with E-state index in [1.54, 1.807) is 0 Å². The zero-order valence-corrected chi connectivity index (χ0v) is 13.7. The number of hydrogen-bond donors (Lipinski definition) is 0. The van der Waals surface area contributed by atoms with Crippen molar-refractivity contribution in [3.05, 3.63) is 78.0 Å². The molecule has 0 bridgehead atoms. The normalized spacial score (nSPS) is 11.9. The van der Waals surface area contributed by atoms with Crippen LogP contribution in [0.25, 0.3) is 32.8 Å². The Morgan fingerprint density at radius 3 is 2.35 bits per heavy atom. The van der Waals surface area contributed by atoms with Crippen molar-refractivity contribution in [2.45, 2.75) is 13.8 Å². The summed E-state index contributed by atoms with van der Waals surface area (Å²) in [5.74, 6) is 0. The van der Waals surface area contributed by atoms with Crippen LogP contribution in [0.15, 0.2) is 66.7 Å². The second-order valence-corrected chi connectivity index (χ2v) is 6.14. The second-order valence-electron chi connectivity index (χ2n) is 6.14. The number of fused-ring (bicyclic) bond motifs is 3. The molecule has 1 heterocycles. The number of pyridine rings is 1. The van der Waals surface area contributed by atoms with E-state index in [0.717, 1.165) is 21.9 Å². The highest BCUT2D eigenvalue weighted by Crippen LogP contribution is 2.32. The van der Waals surface area contributed by atoms with Crippen LogP contribution in [0.4, 0.5) is 0 Å². The minimum atomic E-state index is 0.613. The Morgan fingerprint density at radius 1 is 0.783 bits per heavy atom. The number of benzene rings is 3.